The van der Waals surface area contributed by atoms with Gasteiger partial charge in [-0.3, -0.25) is 14.9 Å². The van der Waals surface area contributed by atoms with E-state index in [9.17, 15) is 24.8 Å². The largest absolute Gasteiger partial charge is 0.455 e. The summed E-state index contributed by atoms with van der Waals surface area (Å²) in [5.74, 6) is -0.722. The summed E-state index contributed by atoms with van der Waals surface area (Å²) >= 11 is 0. The maximum absolute atomic E-state index is 13.5. The van der Waals surface area contributed by atoms with E-state index in [-0.39, 0.29) is 34.8 Å². The van der Waals surface area contributed by atoms with Gasteiger partial charge in [0, 0.05) is 24.0 Å². The number of ketones is 1. The van der Waals surface area contributed by atoms with Crippen LogP contribution in [0.3, 0.4) is 0 Å². The average molecular weight is 411 g/mol. The Kier molecular flexibility index (Phi) is 4.36. The molecule has 3 fully saturated rings. The number of rotatable bonds is 3. The first kappa shape index (κ1) is 19.4. The molecule has 4 aliphatic rings. The summed E-state index contributed by atoms with van der Waals surface area (Å²) in [6.07, 6.45) is 8.38. The molecule has 0 radical (unpaired) electrons. The monoisotopic (exact) mass is 411 g/mol. The highest BCUT2D eigenvalue weighted by molar-refractivity contribution is 5.94. The number of esters is 1. The third-order valence-corrected chi connectivity index (χ3v) is 8.09. The number of nitro groups is 1. The van der Waals surface area contributed by atoms with Gasteiger partial charge in [-0.15, -0.1) is 0 Å². The molecule has 0 unspecified atom stereocenters. The van der Waals surface area contributed by atoms with Gasteiger partial charge in [-0.1, -0.05) is 25.0 Å². The third-order valence-electron chi connectivity index (χ3n) is 8.09. The Hall–Kier alpha value is -2.54. The first-order valence-electron chi connectivity index (χ1n) is 10.8. The lowest BCUT2D eigenvalue weighted by Crippen LogP contribution is -2.67. The van der Waals surface area contributed by atoms with Crippen LogP contribution in [0.1, 0.15) is 55.3 Å². The van der Waals surface area contributed by atoms with Crippen LogP contribution in [0, 0.1) is 33.3 Å². The van der Waals surface area contributed by atoms with Crippen molar-refractivity contribution in [1.29, 1.82) is 0 Å². The Balaban J connectivity index is 1.51. The van der Waals surface area contributed by atoms with Crippen molar-refractivity contribution in [3.05, 3.63) is 52.1 Å². The van der Waals surface area contributed by atoms with Crippen molar-refractivity contribution in [2.75, 3.05) is 0 Å². The highest BCUT2D eigenvalue weighted by Gasteiger charge is 2.74. The van der Waals surface area contributed by atoms with E-state index in [0.717, 1.165) is 25.7 Å². The topological polar surface area (TPSA) is 107 Å². The molecule has 1 spiro atoms. The standard InChI is InChI=1S/C23H25NO6/c25-19-18-13-15-5-1-3-11-22(15,19)23(27)12-4-2-6-17(18)20(23)30-21(26)14-7-9-16(10-8-14)24(28)29/h2,4,7-10,15,17-18,20,27H,1,3,5-6,11-13H2/t15-,17+,18+,20-,22+,23-/m0/s1. The fourth-order valence-electron chi connectivity index (χ4n) is 6.79. The molecule has 0 aromatic heterocycles. The van der Waals surface area contributed by atoms with Crippen LogP contribution >= 0.6 is 0 Å². The summed E-state index contributed by atoms with van der Waals surface area (Å²) in [5.41, 5.74) is -2.14. The third kappa shape index (κ3) is 2.47. The molecule has 7 heteroatoms. The number of non-ortho nitro benzene ring substituents is 1. The Morgan fingerprint density at radius 2 is 1.97 bits per heavy atom. The zero-order valence-corrected chi connectivity index (χ0v) is 16.7. The minimum Gasteiger partial charge on any atom is -0.455 e. The second kappa shape index (κ2) is 6.74. The molecule has 5 rings (SSSR count). The molecular formula is C23H25NO6. The number of allylic oxidation sites excluding steroid dienone is 1. The molecule has 1 aromatic carbocycles. The van der Waals surface area contributed by atoms with Crippen LogP contribution in [0.4, 0.5) is 5.69 Å². The molecule has 1 N–H and O–H groups in total. The number of Topliss-reactive ketones (excluding diaryl/α,β-unsaturated/α-hetero) is 1. The molecule has 4 aliphatic carbocycles. The van der Waals surface area contributed by atoms with Gasteiger partial charge in [0.15, 0.2) is 0 Å². The first-order chi connectivity index (χ1) is 14.4. The van der Waals surface area contributed by atoms with E-state index in [0.29, 0.717) is 19.3 Å². The van der Waals surface area contributed by atoms with Crippen LogP contribution in [-0.4, -0.2) is 33.5 Å². The number of carbonyl (C=O) groups is 2. The molecule has 0 aliphatic heterocycles. The average Bonchev–Trinajstić information content (AvgIpc) is 2.92. The van der Waals surface area contributed by atoms with Crippen LogP contribution < -0.4 is 0 Å². The molecule has 4 bridgehead atoms. The maximum atomic E-state index is 13.5. The number of hydrogen-bond acceptors (Lipinski definition) is 6. The number of nitro benzene ring substituents is 1. The predicted octanol–water partition coefficient (Wildman–Crippen LogP) is 3.60. The van der Waals surface area contributed by atoms with Crippen LogP contribution in [0.2, 0.25) is 0 Å². The van der Waals surface area contributed by atoms with E-state index in [1.807, 2.05) is 12.2 Å². The summed E-state index contributed by atoms with van der Waals surface area (Å²) in [6.45, 7) is 0. The van der Waals surface area contributed by atoms with E-state index in [2.05, 4.69) is 0 Å². The van der Waals surface area contributed by atoms with Gasteiger partial charge in [0.2, 0.25) is 0 Å². The number of ether oxygens (including phenoxy) is 1. The van der Waals surface area contributed by atoms with Crippen LogP contribution in [0.5, 0.6) is 0 Å². The van der Waals surface area contributed by atoms with Crippen molar-refractivity contribution in [3.63, 3.8) is 0 Å². The van der Waals surface area contributed by atoms with Crippen molar-refractivity contribution in [2.45, 2.75) is 56.7 Å². The van der Waals surface area contributed by atoms with Crippen molar-refractivity contribution < 1.29 is 24.4 Å². The minimum atomic E-state index is -1.41. The summed E-state index contributed by atoms with van der Waals surface area (Å²) in [7, 11) is 0. The van der Waals surface area contributed by atoms with Gasteiger partial charge in [0.25, 0.3) is 5.69 Å². The zero-order valence-electron chi connectivity index (χ0n) is 16.7. The normalized spacial score (nSPS) is 39.2. The lowest BCUT2D eigenvalue weighted by Gasteiger charge is -2.55. The summed E-state index contributed by atoms with van der Waals surface area (Å²) in [4.78, 5) is 36.8. The van der Waals surface area contributed by atoms with Gasteiger partial charge in [0.1, 0.15) is 17.5 Å². The van der Waals surface area contributed by atoms with Gasteiger partial charge in [-0.2, -0.15) is 0 Å². The highest BCUT2D eigenvalue weighted by atomic mass is 16.6. The summed E-state index contributed by atoms with van der Waals surface area (Å²) in [6, 6.07) is 5.28. The van der Waals surface area contributed by atoms with E-state index in [4.69, 9.17) is 4.74 Å². The van der Waals surface area contributed by atoms with Crippen molar-refractivity contribution in [3.8, 4) is 0 Å². The molecule has 7 nitrogen and oxygen atoms in total. The molecule has 3 saturated carbocycles. The van der Waals surface area contributed by atoms with Gasteiger partial charge in [0.05, 0.1) is 15.9 Å². The summed E-state index contributed by atoms with van der Waals surface area (Å²) < 4.78 is 5.95. The van der Waals surface area contributed by atoms with Gasteiger partial charge in [-0.05, 0) is 50.2 Å². The van der Waals surface area contributed by atoms with E-state index < -0.39 is 28.0 Å². The Morgan fingerprint density at radius 3 is 2.70 bits per heavy atom. The highest BCUT2D eigenvalue weighted by Crippen LogP contribution is 2.66. The zero-order chi connectivity index (χ0) is 21.1. The second-order valence-electron chi connectivity index (χ2n) is 9.25. The SMILES string of the molecule is O=C(O[C@H]1[C@@H]2CC=CC[C@@]1(O)[C@]13CCCC[C@H]1C[C@H]2C3=O)c1ccc([N+](=O)[O-])cc1. The number of aliphatic hydroxyl groups is 1. The van der Waals surface area contributed by atoms with Crippen LogP contribution in [-0.2, 0) is 9.53 Å². The molecule has 30 heavy (non-hydrogen) atoms. The van der Waals surface area contributed by atoms with Gasteiger partial charge >= 0.3 is 5.97 Å². The number of nitrogens with zero attached hydrogens (tertiary/aromatic N) is 1. The van der Waals surface area contributed by atoms with E-state index >= 15 is 0 Å². The van der Waals surface area contributed by atoms with E-state index in [1.54, 1.807) is 0 Å². The second-order valence-corrected chi connectivity index (χ2v) is 9.25. The van der Waals surface area contributed by atoms with E-state index in [1.165, 1.54) is 24.3 Å². The Labute approximate surface area is 174 Å². The molecular weight excluding hydrogens is 386 g/mol. The fourth-order valence-corrected chi connectivity index (χ4v) is 6.79. The number of carbonyl (C=O) groups excluding carboxylic acids is 2. The van der Waals surface area contributed by atoms with Crippen LogP contribution in [0.15, 0.2) is 36.4 Å². The quantitative estimate of drug-likeness (QED) is 0.352. The van der Waals surface area contributed by atoms with Crippen molar-refractivity contribution in [1.82, 2.24) is 0 Å². The first-order valence-corrected chi connectivity index (χ1v) is 10.8. The number of hydrogen-bond donors (Lipinski definition) is 1. The molecule has 0 heterocycles. The minimum absolute atomic E-state index is 0.103. The van der Waals surface area contributed by atoms with Crippen molar-refractivity contribution >= 4 is 17.4 Å². The van der Waals surface area contributed by atoms with Crippen molar-refractivity contribution in [2.24, 2.45) is 23.2 Å². The Bertz CT molecular complexity index is 940. The molecule has 0 saturated heterocycles. The Morgan fingerprint density at radius 1 is 1.20 bits per heavy atom. The van der Waals surface area contributed by atoms with Gasteiger partial charge < -0.3 is 9.84 Å². The lowest BCUT2D eigenvalue weighted by atomic mass is 9.52. The molecule has 0 amide bonds. The number of benzene rings is 1. The lowest BCUT2D eigenvalue weighted by molar-refractivity contribution is -0.384. The smallest absolute Gasteiger partial charge is 0.338 e. The molecule has 158 valence electrons. The van der Waals surface area contributed by atoms with Gasteiger partial charge in [-0.25, -0.2) is 4.79 Å². The maximum Gasteiger partial charge on any atom is 0.338 e. The fraction of sp³-hybridized carbons (Fsp3) is 0.565. The summed E-state index contributed by atoms with van der Waals surface area (Å²) in [5, 5.41) is 22.9. The number of fused-ring (bicyclic) bond motifs is 4. The molecule has 1 aromatic rings. The molecule has 6 atom stereocenters. The van der Waals surface area contributed by atoms with Crippen LogP contribution in [0.25, 0.3) is 0 Å². The predicted molar refractivity (Wildman–Crippen MR) is 107 cm³/mol.